The first-order chi connectivity index (χ1) is 8.82. The van der Waals surface area contributed by atoms with Gasteiger partial charge < -0.3 is 10.8 Å². The highest BCUT2D eigenvalue weighted by molar-refractivity contribution is 7.89. The fraction of sp³-hybridized carbons (Fsp3) is 0. The molecular weight excluding hydrogens is 288 g/mol. The first-order valence-corrected chi connectivity index (χ1v) is 7.42. The van der Waals surface area contributed by atoms with Crippen LogP contribution < -0.4 is 10.9 Å². The number of hydrogen-bond donors (Lipinski definition) is 3. The Labute approximate surface area is 113 Å². The predicted molar refractivity (Wildman–Crippen MR) is 71.3 cm³/mol. The normalized spacial score (nSPS) is 11.4. The number of amides is 1. The fourth-order valence-electron chi connectivity index (χ4n) is 1.71. The van der Waals surface area contributed by atoms with Crippen molar-refractivity contribution in [1.82, 2.24) is 0 Å². The summed E-state index contributed by atoms with van der Waals surface area (Å²) in [5.74, 6) is -0.825. The van der Waals surface area contributed by atoms with Crippen LogP contribution in [0.15, 0.2) is 35.2 Å². The Hall–Kier alpha value is -1.90. The van der Waals surface area contributed by atoms with E-state index in [1.807, 2.05) is 0 Å². The number of sulfonamides is 1. The summed E-state index contributed by atoms with van der Waals surface area (Å²) in [6, 6.07) is 8.27. The number of benzene rings is 1. The van der Waals surface area contributed by atoms with Crippen molar-refractivity contribution in [2.24, 2.45) is 10.9 Å². The highest BCUT2D eigenvalue weighted by Gasteiger charge is 2.28. The van der Waals surface area contributed by atoms with Gasteiger partial charge in [-0.05, 0) is 5.56 Å². The molecule has 0 aliphatic heterocycles. The molecule has 0 atom stereocenters. The fourth-order valence-corrected chi connectivity index (χ4v) is 3.81. The van der Waals surface area contributed by atoms with Gasteiger partial charge in [-0.2, -0.15) is 0 Å². The largest absolute Gasteiger partial charge is 0.498 e. The topological polar surface area (TPSA) is 123 Å². The molecule has 1 amide bonds. The van der Waals surface area contributed by atoms with E-state index in [9.17, 15) is 18.3 Å². The summed E-state index contributed by atoms with van der Waals surface area (Å²) in [6.45, 7) is 0. The molecule has 8 heteroatoms. The van der Waals surface area contributed by atoms with Crippen LogP contribution in [-0.2, 0) is 10.0 Å². The summed E-state index contributed by atoms with van der Waals surface area (Å²) in [5, 5.41) is 14.2. The van der Waals surface area contributed by atoms with Gasteiger partial charge in [-0.3, -0.25) is 4.79 Å². The van der Waals surface area contributed by atoms with Crippen molar-refractivity contribution in [3.8, 4) is 16.2 Å². The molecule has 0 bridgehead atoms. The third kappa shape index (κ3) is 2.46. The molecule has 1 aromatic carbocycles. The highest BCUT2D eigenvalue weighted by Crippen LogP contribution is 2.43. The number of thiophene rings is 1. The smallest absolute Gasteiger partial charge is 0.259 e. The van der Waals surface area contributed by atoms with E-state index in [-0.39, 0.29) is 10.4 Å². The molecule has 0 aliphatic rings. The Bertz CT molecular complexity index is 736. The second kappa shape index (κ2) is 4.65. The van der Waals surface area contributed by atoms with E-state index in [0.717, 1.165) is 0 Å². The van der Waals surface area contributed by atoms with Crippen molar-refractivity contribution in [2.45, 2.75) is 4.90 Å². The van der Waals surface area contributed by atoms with E-state index in [4.69, 9.17) is 10.9 Å². The van der Waals surface area contributed by atoms with Gasteiger partial charge in [0.2, 0.25) is 10.0 Å². The maximum absolute atomic E-state index is 11.6. The van der Waals surface area contributed by atoms with Gasteiger partial charge in [0.05, 0.1) is 0 Å². The highest BCUT2D eigenvalue weighted by atomic mass is 32.2. The third-order valence-electron chi connectivity index (χ3n) is 2.42. The number of primary amides is 1. The van der Waals surface area contributed by atoms with Gasteiger partial charge in [-0.25, -0.2) is 13.6 Å². The first-order valence-electron chi connectivity index (χ1n) is 5.06. The van der Waals surface area contributed by atoms with Gasteiger partial charge in [0, 0.05) is 5.56 Å². The van der Waals surface area contributed by atoms with Crippen molar-refractivity contribution >= 4 is 27.3 Å². The molecule has 0 fully saturated rings. The molecule has 100 valence electrons. The number of primary sulfonamides is 1. The second-order valence-electron chi connectivity index (χ2n) is 3.72. The standard InChI is InChI=1S/C11H10N2O4S2/c12-10(14)8-7(6-4-2-1-3-5-6)9(11(15)18-8)19(13,16)17/h1-5,15H,(H2,12,14)(H2,13,16,17). The van der Waals surface area contributed by atoms with E-state index >= 15 is 0 Å². The number of rotatable bonds is 3. The summed E-state index contributed by atoms with van der Waals surface area (Å²) in [4.78, 5) is 10.9. The van der Waals surface area contributed by atoms with E-state index in [1.54, 1.807) is 30.3 Å². The molecule has 5 N–H and O–H groups in total. The Kier molecular flexibility index (Phi) is 3.31. The lowest BCUT2D eigenvalue weighted by atomic mass is 10.1. The van der Waals surface area contributed by atoms with Crippen molar-refractivity contribution < 1.29 is 18.3 Å². The number of carbonyl (C=O) groups is 1. The van der Waals surface area contributed by atoms with E-state index in [0.29, 0.717) is 16.9 Å². The Morgan fingerprint density at radius 3 is 2.26 bits per heavy atom. The number of aromatic hydroxyl groups is 1. The average Bonchev–Trinajstić information content (AvgIpc) is 2.68. The molecule has 0 radical (unpaired) electrons. The summed E-state index contributed by atoms with van der Waals surface area (Å²) in [6.07, 6.45) is 0. The van der Waals surface area contributed by atoms with E-state index in [1.165, 1.54) is 0 Å². The van der Waals surface area contributed by atoms with Crippen LogP contribution >= 0.6 is 11.3 Å². The van der Waals surface area contributed by atoms with Gasteiger partial charge in [-0.15, -0.1) is 0 Å². The molecule has 0 unspecified atom stereocenters. The Balaban J connectivity index is 2.87. The van der Waals surface area contributed by atoms with Crippen molar-refractivity contribution in [1.29, 1.82) is 0 Å². The lowest BCUT2D eigenvalue weighted by molar-refractivity contribution is 0.100. The van der Waals surface area contributed by atoms with E-state index < -0.39 is 25.9 Å². The summed E-state index contributed by atoms with van der Waals surface area (Å²) >= 11 is 0.593. The predicted octanol–water partition coefficient (Wildman–Crippen LogP) is 0.867. The first kappa shape index (κ1) is 13.5. The van der Waals surface area contributed by atoms with Crippen LogP contribution in [0.2, 0.25) is 0 Å². The number of carbonyl (C=O) groups excluding carboxylic acids is 1. The van der Waals surface area contributed by atoms with Gasteiger partial charge in [-0.1, -0.05) is 41.7 Å². The minimum atomic E-state index is -4.17. The molecule has 0 aliphatic carbocycles. The molecule has 2 rings (SSSR count). The average molecular weight is 298 g/mol. The van der Waals surface area contributed by atoms with Crippen LogP contribution in [0, 0.1) is 0 Å². The molecule has 1 heterocycles. The lowest BCUT2D eigenvalue weighted by Gasteiger charge is -2.04. The molecular formula is C11H10N2O4S2. The number of hydrogen-bond acceptors (Lipinski definition) is 5. The van der Waals surface area contributed by atoms with Gasteiger partial charge in [0.25, 0.3) is 5.91 Å². The van der Waals surface area contributed by atoms with Crippen LogP contribution in [0.3, 0.4) is 0 Å². The van der Waals surface area contributed by atoms with Crippen molar-refractivity contribution in [3.05, 3.63) is 35.2 Å². The van der Waals surface area contributed by atoms with Gasteiger partial charge in [0.15, 0.2) is 5.06 Å². The number of nitrogens with two attached hydrogens (primary N) is 2. The molecule has 0 saturated heterocycles. The van der Waals surface area contributed by atoms with Crippen LogP contribution in [0.25, 0.3) is 11.1 Å². The van der Waals surface area contributed by atoms with Gasteiger partial charge in [0.1, 0.15) is 9.77 Å². The Morgan fingerprint density at radius 1 is 1.21 bits per heavy atom. The molecule has 6 nitrogen and oxygen atoms in total. The van der Waals surface area contributed by atoms with Gasteiger partial charge >= 0.3 is 0 Å². The quantitative estimate of drug-likeness (QED) is 0.777. The maximum atomic E-state index is 11.6. The lowest BCUT2D eigenvalue weighted by Crippen LogP contribution is -2.14. The van der Waals surface area contributed by atoms with Crippen molar-refractivity contribution in [3.63, 3.8) is 0 Å². The Morgan fingerprint density at radius 2 is 1.79 bits per heavy atom. The second-order valence-corrected chi connectivity index (χ2v) is 6.21. The van der Waals surface area contributed by atoms with Crippen LogP contribution in [0.1, 0.15) is 9.67 Å². The summed E-state index contributed by atoms with van der Waals surface area (Å²) < 4.78 is 23.1. The monoisotopic (exact) mass is 298 g/mol. The third-order valence-corrected chi connectivity index (χ3v) is 4.52. The zero-order valence-electron chi connectivity index (χ0n) is 9.53. The minimum absolute atomic E-state index is 0.0399. The molecule has 0 spiro atoms. The van der Waals surface area contributed by atoms with Crippen molar-refractivity contribution in [2.75, 3.05) is 0 Å². The molecule has 2 aromatic rings. The van der Waals surface area contributed by atoms with Crippen LogP contribution in [0.4, 0.5) is 0 Å². The molecule has 19 heavy (non-hydrogen) atoms. The SMILES string of the molecule is NC(=O)c1sc(O)c(S(N)(=O)=O)c1-c1ccccc1. The maximum Gasteiger partial charge on any atom is 0.259 e. The summed E-state index contributed by atoms with van der Waals surface area (Å²) in [5.41, 5.74) is 5.68. The minimum Gasteiger partial charge on any atom is -0.498 e. The molecule has 1 aromatic heterocycles. The summed E-state index contributed by atoms with van der Waals surface area (Å²) in [7, 11) is -4.17. The zero-order chi connectivity index (χ0) is 14.2. The van der Waals surface area contributed by atoms with Crippen LogP contribution in [0.5, 0.6) is 5.06 Å². The molecule has 0 saturated carbocycles. The van der Waals surface area contributed by atoms with Crippen LogP contribution in [-0.4, -0.2) is 19.4 Å². The van der Waals surface area contributed by atoms with E-state index in [2.05, 4.69) is 0 Å². The zero-order valence-corrected chi connectivity index (χ0v) is 11.2.